The van der Waals surface area contributed by atoms with Crippen LogP contribution in [0.1, 0.15) is 43.6 Å². The Morgan fingerprint density at radius 3 is 2.53 bits per heavy atom. The number of nitrogens with zero attached hydrogens (tertiary/aromatic N) is 2. The molecule has 0 atom stereocenters. The molecule has 2 aromatic rings. The number of esters is 1. The van der Waals surface area contributed by atoms with Gasteiger partial charge in [0.1, 0.15) is 0 Å². The minimum Gasteiger partial charge on any atom is -0.490 e. The van der Waals surface area contributed by atoms with E-state index in [4.69, 9.17) is 14.2 Å². The molecule has 0 unspecified atom stereocenters. The van der Waals surface area contributed by atoms with E-state index in [-0.39, 0.29) is 5.91 Å². The minimum atomic E-state index is -0.404. The van der Waals surface area contributed by atoms with Gasteiger partial charge in [0.25, 0.3) is 5.91 Å². The van der Waals surface area contributed by atoms with Crippen LogP contribution in [0.25, 0.3) is 6.08 Å². The van der Waals surface area contributed by atoms with Crippen LogP contribution in [-0.4, -0.2) is 48.3 Å². The first-order valence-electron chi connectivity index (χ1n) is 11.1. The maximum absolute atomic E-state index is 13.1. The molecule has 0 aliphatic carbocycles. The van der Waals surface area contributed by atoms with Crippen LogP contribution in [0.15, 0.2) is 50.8 Å². The van der Waals surface area contributed by atoms with Crippen molar-refractivity contribution in [1.82, 2.24) is 4.90 Å². The number of thioether (sulfide) groups is 1. The first-order chi connectivity index (χ1) is 16.4. The summed E-state index contributed by atoms with van der Waals surface area (Å²) in [5, 5.41) is 0.551. The molecular formula is C25H27BrN2O5S. The molecule has 1 saturated heterocycles. The first-order valence-corrected chi connectivity index (χ1v) is 12.7. The van der Waals surface area contributed by atoms with Crippen molar-refractivity contribution in [2.45, 2.75) is 27.7 Å². The standard InChI is InChI=1S/C25H27BrN2O5S/c1-5-28-23(29)21(14-16-12-19(26)22(32-7-3)20(13-16)31-6-2)34-25(28)27-18-11-9-10-17(15-18)24(30)33-8-4/h9-15H,5-8H2,1-4H3. The lowest BCUT2D eigenvalue weighted by Crippen LogP contribution is -2.28. The second kappa shape index (κ2) is 12.1. The fourth-order valence-corrected chi connectivity index (χ4v) is 4.90. The number of hydrogen-bond donors (Lipinski definition) is 0. The molecule has 0 spiro atoms. The van der Waals surface area contributed by atoms with Crippen LogP contribution in [0, 0.1) is 0 Å². The Hall–Kier alpha value is -2.78. The van der Waals surface area contributed by atoms with Crippen molar-refractivity contribution in [3.8, 4) is 11.5 Å². The van der Waals surface area contributed by atoms with E-state index >= 15 is 0 Å². The summed E-state index contributed by atoms with van der Waals surface area (Å²) in [6, 6.07) is 10.6. The van der Waals surface area contributed by atoms with E-state index < -0.39 is 5.97 Å². The SMILES string of the molecule is CCOC(=O)c1cccc(N=C2SC(=Cc3cc(Br)c(OCC)c(OCC)c3)C(=O)N2CC)c1. The van der Waals surface area contributed by atoms with Crippen LogP contribution in [0.2, 0.25) is 0 Å². The molecule has 0 saturated carbocycles. The lowest BCUT2D eigenvalue weighted by molar-refractivity contribution is -0.122. The summed E-state index contributed by atoms with van der Waals surface area (Å²) in [5.74, 6) is 0.712. The number of aliphatic imine (C=N–C) groups is 1. The topological polar surface area (TPSA) is 77.4 Å². The Labute approximate surface area is 212 Å². The third-order valence-electron chi connectivity index (χ3n) is 4.70. The summed E-state index contributed by atoms with van der Waals surface area (Å²) in [4.78, 5) is 31.9. The summed E-state index contributed by atoms with van der Waals surface area (Å²) in [7, 11) is 0. The van der Waals surface area contributed by atoms with Crippen molar-refractivity contribution in [2.24, 2.45) is 4.99 Å². The molecule has 9 heteroatoms. The summed E-state index contributed by atoms with van der Waals surface area (Å²) >= 11 is 4.84. The summed E-state index contributed by atoms with van der Waals surface area (Å²) < 4.78 is 17.3. The van der Waals surface area contributed by atoms with Crippen LogP contribution in [-0.2, 0) is 9.53 Å². The fourth-order valence-electron chi connectivity index (χ4n) is 3.27. The molecule has 1 heterocycles. The van der Waals surface area contributed by atoms with Crippen molar-refractivity contribution in [2.75, 3.05) is 26.4 Å². The van der Waals surface area contributed by atoms with E-state index in [1.165, 1.54) is 11.8 Å². The van der Waals surface area contributed by atoms with Crippen LogP contribution in [0.4, 0.5) is 5.69 Å². The van der Waals surface area contributed by atoms with Gasteiger partial charge in [-0.2, -0.15) is 0 Å². The first kappa shape index (κ1) is 25.8. The van der Waals surface area contributed by atoms with Crippen LogP contribution in [0.3, 0.4) is 0 Å². The average molecular weight is 547 g/mol. The van der Waals surface area contributed by atoms with Crippen molar-refractivity contribution in [3.63, 3.8) is 0 Å². The summed E-state index contributed by atoms with van der Waals surface area (Å²) in [6.45, 7) is 9.24. The van der Waals surface area contributed by atoms with Gasteiger partial charge in [0, 0.05) is 6.54 Å². The number of hydrogen-bond acceptors (Lipinski definition) is 7. The predicted molar refractivity (Wildman–Crippen MR) is 139 cm³/mol. The van der Waals surface area contributed by atoms with Gasteiger partial charge in [-0.3, -0.25) is 9.69 Å². The smallest absolute Gasteiger partial charge is 0.338 e. The molecule has 1 aliphatic heterocycles. The number of benzene rings is 2. The molecule has 0 aromatic heterocycles. The number of ether oxygens (including phenoxy) is 3. The maximum atomic E-state index is 13.1. The van der Waals surface area contributed by atoms with E-state index in [1.54, 1.807) is 36.1 Å². The Bertz CT molecular complexity index is 1130. The van der Waals surface area contributed by atoms with Crippen molar-refractivity contribution >= 4 is 56.5 Å². The highest BCUT2D eigenvalue weighted by molar-refractivity contribution is 9.10. The zero-order chi connectivity index (χ0) is 24.7. The van der Waals surface area contributed by atoms with Crippen LogP contribution < -0.4 is 9.47 Å². The molecule has 0 bridgehead atoms. The molecule has 1 amide bonds. The third kappa shape index (κ3) is 6.01. The van der Waals surface area contributed by atoms with Gasteiger partial charge >= 0.3 is 5.97 Å². The molecule has 0 radical (unpaired) electrons. The summed E-state index contributed by atoms with van der Waals surface area (Å²) in [5.41, 5.74) is 1.79. The lowest BCUT2D eigenvalue weighted by Gasteiger charge is -2.13. The minimum absolute atomic E-state index is 0.129. The highest BCUT2D eigenvalue weighted by Gasteiger charge is 2.32. The molecule has 1 fully saturated rings. The number of halogens is 1. The Morgan fingerprint density at radius 2 is 1.85 bits per heavy atom. The highest BCUT2D eigenvalue weighted by Crippen LogP contribution is 2.39. The van der Waals surface area contributed by atoms with Gasteiger partial charge in [-0.05, 0) is 97.4 Å². The third-order valence-corrected chi connectivity index (χ3v) is 6.30. The molecule has 1 aliphatic rings. The number of rotatable bonds is 9. The van der Waals surface area contributed by atoms with Gasteiger partial charge in [0.2, 0.25) is 0 Å². The van der Waals surface area contributed by atoms with E-state index in [0.29, 0.717) is 59.2 Å². The predicted octanol–water partition coefficient (Wildman–Crippen LogP) is 6.05. The molecule has 34 heavy (non-hydrogen) atoms. The molecule has 180 valence electrons. The second-order valence-electron chi connectivity index (χ2n) is 7.02. The monoisotopic (exact) mass is 546 g/mol. The van der Waals surface area contributed by atoms with E-state index in [9.17, 15) is 9.59 Å². The van der Waals surface area contributed by atoms with E-state index in [2.05, 4.69) is 20.9 Å². The number of carbonyl (C=O) groups excluding carboxylic acids is 2. The quantitative estimate of drug-likeness (QED) is 0.281. The van der Waals surface area contributed by atoms with Gasteiger partial charge < -0.3 is 14.2 Å². The Morgan fingerprint density at radius 1 is 1.09 bits per heavy atom. The van der Waals surface area contributed by atoms with Gasteiger partial charge in [-0.25, -0.2) is 9.79 Å². The Balaban J connectivity index is 1.94. The van der Waals surface area contributed by atoms with Gasteiger partial charge in [0.15, 0.2) is 16.7 Å². The zero-order valence-electron chi connectivity index (χ0n) is 19.6. The molecular weight excluding hydrogens is 520 g/mol. The van der Waals surface area contributed by atoms with Crippen molar-refractivity contribution < 1.29 is 23.8 Å². The number of amidine groups is 1. The molecule has 3 rings (SSSR count). The Kier molecular flexibility index (Phi) is 9.18. The van der Waals surface area contributed by atoms with Crippen LogP contribution in [0.5, 0.6) is 11.5 Å². The zero-order valence-corrected chi connectivity index (χ0v) is 22.0. The highest BCUT2D eigenvalue weighted by atomic mass is 79.9. The lowest BCUT2D eigenvalue weighted by atomic mass is 10.2. The van der Waals surface area contributed by atoms with Gasteiger partial charge in [0.05, 0.1) is 40.4 Å². The molecule has 2 aromatic carbocycles. The van der Waals surface area contributed by atoms with Gasteiger partial charge in [-0.15, -0.1) is 0 Å². The van der Waals surface area contributed by atoms with E-state index in [0.717, 1.165) is 10.0 Å². The normalized spacial score (nSPS) is 15.8. The van der Waals surface area contributed by atoms with Crippen molar-refractivity contribution in [3.05, 3.63) is 56.9 Å². The maximum Gasteiger partial charge on any atom is 0.338 e. The van der Waals surface area contributed by atoms with Gasteiger partial charge in [-0.1, -0.05) is 6.07 Å². The second-order valence-corrected chi connectivity index (χ2v) is 8.88. The molecule has 0 N–H and O–H groups in total. The van der Waals surface area contributed by atoms with Crippen LogP contribution >= 0.6 is 27.7 Å². The number of likely N-dealkylation sites (N-methyl/N-ethyl adjacent to an activating group) is 1. The number of carbonyl (C=O) groups is 2. The summed E-state index contributed by atoms with van der Waals surface area (Å²) in [6.07, 6.45) is 1.82. The largest absolute Gasteiger partial charge is 0.490 e. The number of amides is 1. The van der Waals surface area contributed by atoms with Crippen molar-refractivity contribution in [1.29, 1.82) is 0 Å². The van der Waals surface area contributed by atoms with E-state index in [1.807, 2.05) is 39.0 Å². The average Bonchev–Trinajstić information content (AvgIpc) is 3.10. The fraction of sp³-hybridized carbons (Fsp3) is 0.320. The molecule has 7 nitrogen and oxygen atoms in total.